The summed E-state index contributed by atoms with van der Waals surface area (Å²) in [6.45, 7) is 2.75. The first-order valence-electron chi connectivity index (χ1n) is 6.98. The predicted octanol–water partition coefficient (Wildman–Crippen LogP) is 3.66. The minimum Gasteiger partial charge on any atom is -0.507 e. The molecule has 0 saturated carbocycles. The molecular weight excluding hydrogens is 252 g/mol. The van der Waals surface area contributed by atoms with Gasteiger partial charge in [0.05, 0.1) is 12.4 Å². The van der Waals surface area contributed by atoms with E-state index in [1.807, 2.05) is 30.3 Å². The quantitative estimate of drug-likeness (QED) is 0.837. The highest BCUT2D eigenvalue weighted by Gasteiger charge is 2.22. The number of hydrogen-bond acceptors (Lipinski definition) is 3. The van der Waals surface area contributed by atoms with Gasteiger partial charge in [-0.1, -0.05) is 31.2 Å². The number of phenolic OH excluding ortho intramolecular Hbond substituents is 2. The van der Waals surface area contributed by atoms with Crippen molar-refractivity contribution in [1.29, 1.82) is 0 Å². The van der Waals surface area contributed by atoms with Crippen molar-refractivity contribution in [1.82, 2.24) is 0 Å². The molecule has 3 rings (SSSR count). The number of aromatic hydroxyl groups is 2. The third-order valence-corrected chi connectivity index (χ3v) is 3.75. The zero-order chi connectivity index (χ0) is 14.1. The first-order chi connectivity index (χ1) is 9.72. The maximum atomic E-state index is 10.5. The number of benzene rings is 2. The summed E-state index contributed by atoms with van der Waals surface area (Å²) >= 11 is 0. The monoisotopic (exact) mass is 270 g/mol. The lowest BCUT2D eigenvalue weighted by molar-refractivity contribution is 0.204. The van der Waals surface area contributed by atoms with Gasteiger partial charge in [-0.25, -0.2) is 0 Å². The molecule has 0 amide bonds. The number of rotatable bonds is 3. The molecule has 20 heavy (non-hydrogen) atoms. The van der Waals surface area contributed by atoms with Crippen molar-refractivity contribution < 1.29 is 14.9 Å². The van der Waals surface area contributed by atoms with E-state index in [2.05, 4.69) is 6.92 Å². The minimum atomic E-state index is 0.263. The maximum absolute atomic E-state index is 10.5. The lowest BCUT2D eigenvalue weighted by Gasteiger charge is -2.21. The molecule has 0 unspecified atom stereocenters. The summed E-state index contributed by atoms with van der Waals surface area (Å²) in [4.78, 5) is 0. The van der Waals surface area contributed by atoms with E-state index in [1.54, 1.807) is 0 Å². The van der Waals surface area contributed by atoms with Crippen molar-refractivity contribution in [3.8, 4) is 11.5 Å². The predicted molar refractivity (Wildman–Crippen MR) is 79.0 cm³/mol. The highest BCUT2D eigenvalue weighted by molar-refractivity contribution is 5.95. The van der Waals surface area contributed by atoms with Crippen LogP contribution in [0.1, 0.15) is 24.5 Å². The van der Waals surface area contributed by atoms with Crippen LogP contribution in [-0.2, 0) is 17.6 Å². The van der Waals surface area contributed by atoms with Crippen LogP contribution in [0, 0.1) is 0 Å². The molecule has 0 radical (unpaired) electrons. The zero-order valence-corrected chi connectivity index (χ0v) is 11.5. The van der Waals surface area contributed by atoms with E-state index in [0.717, 1.165) is 23.3 Å². The molecule has 0 bridgehead atoms. The molecule has 2 aromatic carbocycles. The molecule has 0 aliphatic heterocycles. The van der Waals surface area contributed by atoms with Crippen LogP contribution in [0.4, 0.5) is 0 Å². The third kappa shape index (κ3) is 1.99. The normalized spacial score (nSPS) is 13.9. The van der Waals surface area contributed by atoms with Gasteiger partial charge in [-0.3, -0.25) is 0 Å². The van der Waals surface area contributed by atoms with E-state index in [1.165, 1.54) is 0 Å². The van der Waals surface area contributed by atoms with Gasteiger partial charge in [0.25, 0.3) is 0 Å². The summed E-state index contributed by atoms with van der Waals surface area (Å²) in [5, 5.41) is 22.3. The third-order valence-electron chi connectivity index (χ3n) is 3.75. The Labute approximate surface area is 118 Å². The van der Waals surface area contributed by atoms with Crippen LogP contribution in [0.2, 0.25) is 0 Å². The Hall–Kier alpha value is -2.16. The van der Waals surface area contributed by atoms with E-state index in [4.69, 9.17) is 4.74 Å². The SMILES string of the molecule is CCCOC1=CCc2c(c(O)c3ccccc3c2O)C1. The molecule has 0 saturated heterocycles. The molecule has 3 heteroatoms. The molecule has 2 aromatic rings. The van der Waals surface area contributed by atoms with Gasteiger partial charge in [0.15, 0.2) is 0 Å². The molecule has 0 heterocycles. The van der Waals surface area contributed by atoms with Crippen LogP contribution in [0.3, 0.4) is 0 Å². The molecule has 0 aromatic heterocycles. The van der Waals surface area contributed by atoms with Gasteiger partial charge in [-0.15, -0.1) is 0 Å². The fourth-order valence-corrected chi connectivity index (χ4v) is 2.72. The van der Waals surface area contributed by atoms with E-state index in [9.17, 15) is 10.2 Å². The molecule has 1 aliphatic carbocycles. The second kappa shape index (κ2) is 5.08. The standard InChI is InChI=1S/C17H18O3/c1-2-9-20-11-7-8-14-15(10-11)17(19)13-6-4-3-5-12(13)16(14)18/h3-7,18-19H,2,8-10H2,1H3. The number of hydrogen-bond donors (Lipinski definition) is 2. The Morgan fingerprint density at radius 2 is 1.70 bits per heavy atom. The first-order valence-corrected chi connectivity index (χ1v) is 6.98. The summed E-state index contributed by atoms with van der Waals surface area (Å²) in [5.41, 5.74) is 1.60. The van der Waals surface area contributed by atoms with Crippen molar-refractivity contribution in [3.63, 3.8) is 0 Å². The zero-order valence-electron chi connectivity index (χ0n) is 11.5. The van der Waals surface area contributed by atoms with Gasteiger partial charge in [0.2, 0.25) is 0 Å². The van der Waals surface area contributed by atoms with Crippen LogP contribution in [0.25, 0.3) is 10.8 Å². The molecule has 104 valence electrons. The highest BCUT2D eigenvalue weighted by Crippen LogP contribution is 2.42. The fourth-order valence-electron chi connectivity index (χ4n) is 2.72. The van der Waals surface area contributed by atoms with Gasteiger partial charge in [0, 0.05) is 28.3 Å². The summed E-state index contributed by atoms with van der Waals surface area (Å²) in [6.07, 6.45) is 4.09. The van der Waals surface area contributed by atoms with Crippen molar-refractivity contribution in [2.45, 2.75) is 26.2 Å². The summed E-state index contributed by atoms with van der Waals surface area (Å²) in [6, 6.07) is 7.39. The average Bonchev–Trinajstić information content (AvgIpc) is 2.50. The Morgan fingerprint density at radius 1 is 1.05 bits per heavy atom. The average molecular weight is 270 g/mol. The van der Waals surface area contributed by atoms with Gasteiger partial charge in [0.1, 0.15) is 11.5 Å². The molecule has 2 N–H and O–H groups in total. The van der Waals surface area contributed by atoms with E-state index >= 15 is 0 Å². The minimum absolute atomic E-state index is 0.263. The van der Waals surface area contributed by atoms with Crippen molar-refractivity contribution >= 4 is 10.8 Å². The Morgan fingerprint density at radius 3 is 2.35 bits per heavy atom. The molecule has 0 spiro atoms. The largest absolute Gasteiger partial charge is 0.507 e. The maximum Gasteiger partial charge on any atom is 0.127 e. The second-order valence-corrected chi connectivity index (χ2v) is 5.10. The number of allylic oxidation sites excluding steroid dienone is 2. The van der Waals surface area contributed by atoms with Crippen LogP contribution < -0.4 is 0 Å². The molecule has 0 fully saturated rings. The van der Waals surface area contributed by atoms with Crippen molar-refractivity contribution in [2.75, 3.05) is 6.61 Å². The highest BCUT2D eigenvalue weighted by atomic mass is 16.5. The summed E-state index contributed by atoms with van der Waals surface area (Å²) in [5.74, 6) is 1.42. The van der Waals surface area contributed by atoms with Crippen molar-refractivity contribution in [3.05, 3.63) is 47.2 Å². The lowest BCUT2D eigenvalue weighted by Crippen LogP contribution is -2.07. The smallest absolute Gasteiger partial charge is 0.127 e. The van der Waals surface area contributed by atoms with Crippen LogP contribution >= 0.6 is 0 Å². The molecule has 1 aliphatic rings. The van der Waals surface area contributed by atoms with Gasteiger partial charge in [-0.2, -0.15) is 0 Å². The first kappa shape index (κ1) is 12.9. The molecular formula is C17H18O3. The molecule has 3 nitrogen and oxygen atoms in total. The van der Waals surface area contributed by atoms with Crippen LogP contribution in [0.15, 0.2) is 36.1 Å². The summed E-state index contributed by atoms with van der Waals surface area (Å²) in [7, 11) is 0. The Kier molecular flexibility index (Phi) is 3.26. The Bertz CT molecular complexity index is 686. The van der Waals surface area contributed by atoms with E-state index in [-0.39, 0.29) is 11.5 Å². The number of ether oxygens (including phenoxy) is 1. The fraction of sp³-hybridized carbons (Fsp3) is 0.294. The summed E-state index contributed by atoms with van der Waals surface area (Å²) < 4.78 is 5.66. The van der Waals surface area contributed by atoms with Gasteiger partial charge >= 0.3 is 0 Å². The van der Waals surface area contributed by atoms with Gasteiger partial charge < -0.3 is 14.9 Å². The lowest BCUT2D eigenvalue weighted by atomic mass is 9.90. The van der Waals surface area contributed by atoms with Crippen molar-refractivity contribution in [2.24, 2.45) is 0 Å². The van der Waals surface area contributed by atoms with Crippen LogP contribution in [-0.4, -0.2) is 16.8 Å². The molecule has 0 atom stereocenters. The van der Waals surface area contributed by atoms with E-state index in [0.29, 0.717) is 30.2 Å². The van der Waals surface area contributed by atoms with E-state index < -0.39 is 0 Å². The number of fused-ring (bicyclic) bond motifs is 2. The topological polar surface area (TPSA) is 49.7 Å². The van der Waals surface area contributed by atoms with Gasteiger partial charge in [-0.05, 0) is 18.9 Å². The second-order valence-electron chi connectivity index (χ2n) is 5.10. The Balaban J connectivity index is 2.09. The van der Waals surface area contributed by atoms with Crippen LogP contribution in [0.5, 0.6) is 11.5 Å². The number of phenols is 2.